The van der Waals surface area contributed by atoms with Gasteiger partial charge in [0, 0.05) is 50.0 Å². The number of anilines is 1. The molecule has 0 atom stereocenters. The lowest BCUT2D eigenvalue weighted by Crippen LogP contribution is -2.46. The van der Waals surface area contributed by atoms with Gasteiger partial charge in [-0.25, -0.2) is 0 Å². The van der Waals surface area contributed by atoms with Gasteiger partial charge in [-0.05, 0) is 35.7 Å². The molecule has 5 rings (SSSR count). The van der Waals surface area contributed by atoms with Crippen molar-refractivity contribution in [1.29, 1.82) is 0 Å². The third kappa shape index (κ3) is 3.55. The molecule has 0 aliphatic carbocycles. The molecule has 0 bridgehead atoms. The summed E-state index contributed by atoms with van der Waals surface area (Å²) in [7, 11) is 1.75. The lowest BCUT2D eigenvalue weighted by atomic mass is 10.1. The number of ether oxygens (including phenoxy) is 1. The fourth-order valence-electron chi connectivity index (χ4n) is 4.47. The molecule has 1 aliphatic heterocycles. The van der Waals surface area contributed by atoms with Crippen LogP contribution in [0.25, 0.3) is 16.5 Å². The molecule has 30 heavy (non-hydrogen) atoms. The molecule has 0 saturated carbocycles. The van der Waals surface area contributed by atoms with Crippen molar-refractivity contribution in [3.05, 3.63) is 90.8 Å². The zero-order valence-corrected chi connectivity index (χ0v) is 17.4. The molecule has 0 spiro atoms. The smallest absolute Gasteiger partial charge is 0.142 e. The van der Waals surface area contributed by atoms with Crippen LogP contribution in [0, 0.1) is 0 Å². The summed E-state index contributed by atoms with van der Waals surface area (Å²) < 4.78 is 7.89. The summed E-state index contributed by atoms with van der Waals surface area (Å²) in [5, 5.41) is 2.57. The van der Waals surface area contributed by atoms with Gasteiger partial charge in [0.15, 0.2) is 0 Å². The maximum Gasteiger partial charge on any atom is 0.142 e. The average Bonchev–Trinajstić information content (AvgIpc) is 3.27. The molecule has 3 aromatic carbocycles. The van der Waals surface area contributed by atoms with Crippen LogP contribution in [-0.4, -0.2) is 42.8 Å². The van der Waals surface area contributed by atoms with E-state index >= 15 is 0 Å². The van der Waals surface area contributed by atoms with Gasteiger partial charge in [-0.3, -0.25) is 4.90 Å². The van der Waals surface area contributed by atoms with E-state index in [1.807, 2.05) is 12.1 Å². The average molecular weight is 398 g/mol. The molecule has 1 fully saturated rings. The third-order valence-electron chi connectivity index (χ3n) is 6.04. The highest BCUT2D eigenvalue weighted by Crippen LogP contribution is 2.29. The van der Waals surface area contributed by atoms with Gasteiger partial charge in [-0.15, -0.1) is 0 Å². The lowest BCUT2D eigenvalue weighted by molar-refractivity contribution is 0.245. The van der Waals surface area contributed by atoms with E-state index in [2.05, 4.69) is 87.3 Å². The summed E-state index contributed by atoms with van der Waals surface area (Å²) >= 11 is 0. The molecular formula is C26H27N3O. The second kappa shape index (κ2) is 8.25. The van der Waals surface area contributed by atoms with Crippen LogP contribution in [0.5, 0.6) is 5.75 Å². The molecule has 1 aliphatic rings. The molecule has 0 amide bonds. The minimum atomic E-state index is 0.954. The van der Waals surface area contributed by atoms with Crippen molar-refractivity contribution in [1.82, 2.24) is 9.47 Å². The molecule has 4 aromatic rings. The number of fused-ring (bicyclic) bond motifs is 1. The summed E-state index contributed by atoms with van der Waals surface area (Å²) in [6.07, 6.45) is 2.18. The van der Waals surface area contributed by atoms with Crippen molar-refractivity contribution in [2.24, 2.45) is 0 Å². The van der Waals surface area contributed by atoms with Crippen LogP contribution >= 0.6 is 0 Å². The number of aromatic nitrogens is 1. The molecule has 1 aromatic heterocycles. The molecular weight excluding hydrogens is 370 g/mol. The molecule has 152 valence electrons. The molecule has 0 N–H and O–H groups in total. The largest absolute Gasteiger partial charge is 0.495 e. The summed E-state index contributed by atoms with van der Waals surface area (Å²) in [5.74, 6) is 0.954. The highest BCUT2D eigenvalue weighted by Gasteiger charge is 2.20. The van der Waals surface area contributed by atoms with E-state index < -0.39 is 0 Å². The first-order valence-corrected chi connectivity index (χ1v) is 10.6. The first-order chi connectivity index (χ1) is 14.8. The number of hydrogen-bond acceptors (Lipinski definition) is 3. The van der Waals surface area contributed by atoms with E-state index in [4.69, 9.17) is 4.74 Å². The van der Waals surface area contributed by atoms with Crippen LogP contribution in [0.2, 0.25) is 0 Å². The van der Waals surface area contributed by atoms with Gasteiger partial charge in [0.25, 0.3) is 0 Å². The summed E-state index contributed by atoms with van der Waals surface area (Å²) in [6, 6.07) is 27.9. The second-order valence-corrected chi connectivity index (χ2v) is 7.80. The summed E-state index contributed by atoms with van der Waals surface area (Å²) in [6.45, 7) is 5.05. The molecule has 2 heterocycles. The van der Waals surface area contributed by atoms with Crippen LogP contribution < -0.4 is 9.64 Å². The topological polar surface area (TPSA) is 20.6 Å². The Morgan fingerprint density at radius 1 is 0.733 bits per heavy atom. The van der Waals surface area contributed by atoms with Crippen molar-refractivity contribution in [3.8, 4) is 11.4 Å². The number of hydrogen-bond donors (Lipinski definition) is 0. The van der Waals surface area contributed by atoms with Gasteiger partial charge in [-0.2, -0.15) is 0 Å². The Morgan fingerprint density at radius 2 is 1.47 bits per heavy atom. The number of rotatable bonds is 5. The first-order valence-electron chi connectivity index (χ1n) is 10.6. The highest BCUT2D eigenvalue weighted by atomic mass is 16.5. The van der Waals surface area contributed by atoms with Crippen LogP contribution in [-0.2, 0) is 6.54 Å². The van der Waals surface area contributed by atoms with Crippen molar-refractivity contribution in [2.45, 2.75) is 6.54 Å². The van der Waals surface area contributed by atoms with Crippen molar-refractivity contribution in [2.75, 3.05) is 38.2 Å². The Kier molecular flexibility index (Phi) is 5.16. The minimum absolute atomic E-state index is 0.954. The zero-order chi connectivity index (χ0) is 20.3. The van der Waals surface area contributed by atoms with E-state index in [-0.39, 0.29) is 0 Å². The predicted octanol–water partition coefficient (Wildman–Crippen LogP) is 4.96. The van der Waals surface area contributed by atoms with Crippen LogP contribution in [0.4, 0.5) is 5.69 Å². The van der Waals surface area contributed by atoms with Gasteiger partial charge < -0.3 is 14.2 Å². The van der Waals surface area contributed by atoms with Gasteiger partial charge in [0.1, 0.15) is 5.75 Å². The van der Waals surface area contributed by atoms with E-state index in [9.17, 15) is 0 Å². The third-order valence-corrected chi connectivity index (χ3v) is 6.04. The molecule has 4 heteroatoms. The number of methoxy groups -OCH3 is 1. The van der Waals surface area contributed by atoms with Crippen LogP contribution in [0.15, 0.2) is 85.1 Å². The van der Waals surface area contributed by atoms with Crippen molar-refractivity contribution < 1.29 is 4.74 Å². The fraction of sp³-hybridized carbons (Fsp3) is 0.231. The number of para-hydroxylation sites is 2. The monoisotopic (exact) mass is 397 g/mol. The maximum atomic E-state index is 5.55. The van der Waals surface area contributed by atoms with E-state index in [0.29, 0.717) is 0 Å². The second-order valence-electron chi connectivity index (χ2n) is 7.80. The Balaban J connectivity index is 1.32. The molecule has 0 unspecified atom stereocenters. The summed E-state index contributed by atoms with van der Waals surface area (Å²) in [4.78, 5) is 4.97. The quantitative estimate of drug-likeness (QED) is 0.475. The summed E-state index contributed by atoms with van der Waals surface area (Å²) in [5.41, 5.74) is 3.77. The highest BCUT2D eigenvalue weighted by molar-refractivity contribution is 5.90. The maximum absolute atomic E-state index is 5.55. The molecule has 1 saturated heterocycles. The van der Waals surface area contributed by atoms with E-state index in [1.165, 1.54) is 27.8 Å². The fourth-order valence-corrected chi connectivity index (χ4v) is 4.47. The number of piperazine rings is 1. The van der Waals surface area contributed by atoms with Crippen molar-refractivity contribution in [3.63, 3.8) is 0 Å². The van der Waals surface area contributed by atoms with Gasteiger partial charge in [0.2, 0.25) is 0 Å². The normalized spacial score (nSPS) is 14.9. The van der Waals surface area contributed by atoms with Gasteiger partial charge in [-0.1, -0.05) is 48.5 Å². The van der Waals surface area contributed by atoms with E-state index in [0.717, 1.165) is 38.5 Å². The Hall–Kier alpha value is -3.24. The van der Waals surface area contributed by atoms with E-state index in [1.54, 1.807) is 7.11 Å². The molecule has 4 nitrogen and oxygen atoms in total. The number of benzene rings is 3. The first kappa shape index (κ1) is 18.8. The van der Waals surface area contributed by atoms with Crippen LogP contribution in [0.3, 0.4) is 0 Å². The van der Waals surface area contributed by atoms with Crippen LogP contribution in [0.1, 0.15) is 5.69 Å². The van der Waals surface area contributed by atoms with Crippen molar-refractivity contribution >= 4 is 16.5 Å². The standard InChI is InChI=1S/C26H27N3O/c1-30-26-14-5-4-12-25(26)28-18-16-27(17-19-28)20-22-10-7-15-29(22)24-13-6-9-21-8-2-3-11-23(21)24/h2-15H,16-20H2,1H3. The predicted molar refractivity (Wildman–Crippen MR) is 124 cm³/mol. The Bertz CT molecular complexity index is 1140. The Labute approximate surface area is 177 Å². The zero-order valence-electron chi connectivity index (χ0n) is 17.4. The minimum Gasteiger partial charge on any atom is -0.495 e. The lowest BCUT2D eigenvalue weighted by Gasteiger charge is -2.36. The SMILES string of the molecule is COc1ccccc1N1CCN(Cc2cccn2-c2cccc3ccccc23)CC1. The molecule has 0 radical (unpaired) electrons. The number of nitrogens with zero attached hydrogens (tertiary/aromatic N) is 3. The van der Waals surface area contributed by atoms with Gasteiger partial charge in [0.05, 0.1) is 18.5 Å². The van der Waals surface area contributed by atoms with Gasteiger partial charge >= 0.3 is 0 Å². The Morgan fingerprint density at radius 3 is 2.33 bits per heavy atom.